The summed E-state index contributed by atoms with van der Waals surface area (Å²) >= 11 is 0. The SMILES string of the molecule is C.C=c1c2c3c(c4c(C)cc5c(c14)C=CCC5)=CC=CC3C(C(=O)c1ccc(CCC(=O)/C=C/CCC(C)C)c(C#CC)c1)=C2.CC.[HH].[HH]. The summed E-state index contributed by atoms with van der Waals surface area (Å²) in [5.74, 6) is 6.86. The predicted molar refractivity (Wildman–Crippen MR) is 207 cm³/mol. The Kier molecular flexibility index (Phi) is 11.6. The summed E-state index contributed by atoms with van der Waals surface area (Å²) in [5.41, 5.74) is 9.42. The number of ketones is 2. The molecule has 0 aromatic heterocycles. The molecule has 0 bridgehead atoms. The van der Waals surface area contributed by atoms with E-state index in [0.717, 1.165) is 53.2 Å². The van der Waals surface area contributed by atoms with Crippen LogP contribution >= 0.6 is 0 Å². The first kappa shape index (κ1) is 35.4. The van der Waals surface area contributed by atoms with Crippen molar-refractivity contribution in [1.82, 2.24) is 0 Å². The molecule has 0 saturated heterocycles. The average molecular weight is 627 g/mol. The molecule has 3 aromatic rings. The van der Waals surface area contributed by atoms with Gasteiger partial charge in [-0.05, 0) is 125 Å². The molecule has 2 heteroatoms. The van der Waals surface area contributed by atoms with Gasteiger partial charge >= 0.3 is 0 Å². The molecule has 246 valence electrons. The molecule has 0 aliphatic heterocycles. The van der Waals surface area contributed by atoms with Gasteiger partial charge < -0.3 is 0 Å². The molecule has 0 amide bonds. The van der Waals surface area contributed by atoms with E-state index in [0.29, 0.717) is 24.3 Å². The first-order valence-corrected chi connectivity index (χ1v) is 17.0. The number of carbonyl (C=O) groups is 2. The van der Waals surface area contributed by atoms with Gasteiger partial charge in [0.1, 0.15) is 0 Å². The first-order valence-electron chi connectivity index (χ1n) is 17.0. The topological polar surface area (TPSA) is 34.1 Å². The number of allylic oxidation sites excluding steroid dienone is 6. The molecule has 2 nitrogen and oxygen atoms in total. The fourth-order valence-corrected chi connectivity index (χ4v) is 7.06. The number of hydrogen-bond donors (Lipinski definition) is 0. The fourth-order valence-electron chi connectivity index (χ4n) is 7.06. The van der Waals surface area contributed by atoms with Crippen molar-refractivity contribution in [3.8, 4) is 11.8 Å². The summed E-state index contributed by atoms with van der Waals surface area (Å²) in [6, 6.07) is 8.13. The molecule has 3 aromatic carbocycles. The number of rotatable bonds is 9. The van der Waals surface area contributed by atoms with E-state index in [1.54, 1.807) is 13.0 Å². The Bertz CT molecular complexity index is 2030. The van der Waals surface area contributed by atoms with Gasteiger partial charge in [-0.1, -0.05) is 102 Å². The summed E-state index contributed by atoms with van der Waals surface area (Å²) in [4.78, 5) is 26.7. The smallest absolute Gasteiger partial charge is 0.190 e. The summed E-state index contributed by atoms with van der Waals surface area (Å²) in [6.07, 6.45) is 21.9. The molecule has 0 saturated carbocycles. The van der Waals surface area contributed by atoms with Crippen molar-refractivity contribution in [1.29, 1.82) is 0 Å². The maximum Gasteiger partial charge on any atom is 0.190 e. The molecule has 0 fully saturated rings. The van der Waals surface area contributed by atoms with Gasteiger partial charge in [-0.15, -0.1) is 5.92 Å². The van der Waals surface area contributed by atoms with Crippen LogP contribution in [-0.4, -0.2) is 11.6 Å². The van der Waals surface area contributed by atoms with Crippen molar-refractivity contribution in [3.05, 3.63) is 115 Å². The Morgan fingerprint density at radius 2 is 1.91 bits per heavy atom. The highest BCUT2D eigenvalue weighted by molar-refractivity contribution is 6.15. The number of aryl methyl sites for hydroxylation is 3. The third kappa shape index (κ3) is 6.96. The summed E-state index contributed by atoms with van der Waals surface area (Å²) in [7, 11) is 0. The average Bonchev–Trinajstić information content (AvgIpc) is 3.46. The molecule has 1 unspecified atom stereocenters. The van der Waals surface area contributed by atoms with Crippen LogP contribution in [0.15, 0.2) is 60.2 Å². The van der Waals surface area contributed by atoms with Crippen LogP contribution in [0, 0.1) is 24.7 Å². The van der Waals surface area contributed by atoms with E-state index in [1.807, 2.05) is 38.1 Å². The van der Waals surface area contributed by atoms with Gasteiger partial charge in [-0.25, -0.2) is 0 Å². The lowest BCUT2D eigenvalue weighted by Gasteiger charge is -2.21. The van der Waals surface area contributed by atoms with Crippen molar-refractivity contribution < 1.29 is 12.4 Å². The number of Topliss-reactive ketones (excluding diaryl/α,β-unsaturated/α-hetero) is 1. The molecular formula is C45H54O2. The van der Waals surface area contributed by atoms with Crippen molar-refractivity contribution in [3.63, 3.8) is 0 Å². The van der Waals surface area contributed by atoms with E-state index < -0.39 is 0 Å². The fraction of sp³-hybridized carbons (Fsp3) is 0.333. The monoisotopic (exact) mass is 626 g/mol. The van der Waals surface area contributed by atoms with Crippen LogP contribution in [-0.2, 0) is 17.6 Å². The lowest BCUT2D eigenvalue weighted by atomic mass is 9.81. The third-order valence-corrected chi connectivity index (χ3v) is 9.25. The van der Waals surface area contributed by atoms with Crippen molar-refractivity contribution in [2.45, 2.75) is 93.4 Å². The van der Waals surface area contributed by atoms with E-state index in [1.165, 1.54) is 38.2 Å². The Morgan fingerprint density at radius 3 is 2.66 bits per heavy atom. The van der Waals surface area contributed by atoms with Gasteiger partial charge in [0.15, 0.2) is 11.6 Å². The summed E-state index contributed by atoms with van der Waals surface area (Å²) in [5, 5.41) is 4.69. The van der Waals surface area contributed by atoms with Gasteiger partial charge in [0.05, 0.1) is 0 Å². The summed E-state index contributed by atoms with van der Waals surface area (Å²) in [6.45, 7) is 17.0. The molecule has 6 rings (SSSR count). The van der Waals surface area contributed by atoms with Crippen LogP contribution in [0.25, 0.3) is 35.6 Å². The minimum absolute atomic E-state index is 0. The van der Waals surface area contributed by atoms with Crippen LogP contribution in [0.3, 0.4) is 0 Å². The molecule has 47 heavy (non-hydrogen) atoms. The number of hydrogen-bond acceptors (Lipinski definition) is 2. The predicted octanol–water partition coefficient (Wildman–Crippen LogP) is 10.3. The standard InChI is InChI=1S/C42H40O2.C2H6.CH4.2H2/c1-6-12-30-24-32(20-19-29(30)21-22-33(43)15-9-7-13-26(2)3)42(44)38-25-37-28(5)40-34-16-10-8-14-31(34)23-27(4)39(40)36-18-11-17-35(38)41(36)37;1-2;;;/h9-11,15-20,23-26,35H,5,7-8,13-14,21-22H2,1-4H3;1-2H3;1H4;2*1H/b15-9+;;;;. The van der Waals surface area contributed by atoms with Crippen molar-refractivity contribution in [2.24, 2.45) is 5.92 Å². The largest absolute Gasteiger partial charge is 0.295 e. The highest BCUT2D eigenvalue weighted by atomic mass is 16.1. The second kappa shape index (κ2) is 15.4. The number of carbonyl (C=O) groups excluding carboxylic acids is 2. The zero-order valence-corrected chi connectivity index (χ0v) is 28.3. The van der Waals surface area contributed by atoms with Crippen LogP contribution in [0.5, 0.6) is 0 Å². The molecule has 1 atom stereocenters. The number of fused-ring (bicyclic) bond motifs is 4. The van der Waals surface area contributed by atoms with Crippen LogP contribution < -0.4 is 10.4 Å². The van der Waals surface area contributed by atoms with E-state index >= 15 is 0 Å². The second-order valence-corrected chi connectivity index (χ2v) is 12.7. The maximum atomic E-state index is 14.2. The van der Waals surface area contributed by atoms with E-state index in [4.69, 9.17) is 0 Å². The minimum atomic E-state index is -0.103. The van der Waals surface area contributed by atoms with Crippen molar-refractivity contribution >= 4 is 47.1 Å². The molecule has 3 aliphatic carbocycles. The van der Waals surface area contributed by atoms with Crippen LogP contribution in [0.4, 0.5) is 0 Å². The van der Waals surface area contributed by atoms with E-state index in [-0.39, 0.29) is 27.8 Å². The minimum Gasteiger partial charge on any atom is -0.295 e. The molecule has 0 radical (unpaired) electrons. The molecule has 3 aliphatic rings. The van der Waals surface area contributed by atoms with Gasteiger partial charge in [0.2, 0.25) is 0 Å². The number of benzene rings is 3. The second-order valence-electron chi connectivity index (χ2n) is 12.7. The van der Waals surface area contributed by atoms with E-state index in [9.17, 15) is 9.59 Å². The first-order chi connectivity index (χ1) is 22.3. The molecule has 0 N–H and O–H groups in total. The van der Waals surface area contributed by atoms with E-state index in [2.05, 4.69) is 81.7 Å². The Morgan fingerprint density at radius 1 is 1.13 bits per heavy atom. The lowest BCUT2D eigenvalue weighted by molar-refractivity contribution is -0.114. The molecule has 0 spiro atoms. The van der Waals surface area contributed by atoms with Crippen LogP contribution in [0.2, 0.25) is 0 Å². The maximum absolute atomic E-state index is 14.2. The molecular weight excluding hydrogens is 572 g/mol. The highest BCUT2D eigenvalue weighted by Crippen LogP contribution is 2.40. The van der Waals surface area contributed by atoms with Crippen LogP contribution in [0.1, 0.15) is 126 Å². The zero-order chi connectivity index (χ0) is 33.0. The van der Waals surface area contributed by atoms with Gasteiger partial charge in [0, 0.05) is 31.9 Å². The van der Waals surface area contributed by atoms with Crippen molar-refractivity contribution in [2.75, 3.05) is 0 Å². The third-order valence-electron chi connectivity index (χ3n) is 9.25. The zero-order valence-electron chi connectivity index (χ0n) is 28.3. The lowest BCUT2D eigenvalue weighted by Crippen LogP contribution is -2.25. The molecule has 0 heterocycles. The normalized spacial score (nSPS) is 15.1. The summed E-state index contributed by atoms with van der Waals surface area (Å²) < 4.78 is 0. The van der Waals surface area contributed by atoms with Gasteiger partial charge in [-0.2, -0.15) is 0 Å². The Hall–Kier alpha value is -4.48. The van der Waals surface area contributed by atoms with Gasteiger partial charge in [0.25, 0.3) is 0 Å². The van der Waals surface area contributed by atoms with Gasteiger partial charge in [-0.3, -0.25) is 9.59 Å². The Balaban J connectivity index is 0.00000164. The Labute approximate surface area is 285 Å². The highest BCUT2D eigenvalue weighted by Gasteiger charge is 2.33. The quantitative estimate of drug-likeness (QED) is 0.135.